The van der Waals surface area contributed by atoms with Crippen LogP contribution in [0.15, 0.2) is 12.4 Å². The molecule has 0 aromatic carbocycles. The highest BCUT2D eigenvalue weighted by molar-refractivity contribution is 6.29. The highest BCUT2D eigenvalue weighted by Crippen LogP contribution is 2.11. The zero-order chi connectivity index (χ0) is 13.1. The summed E-state index contributed by atoms with van der Waals surface area (Å²) in [5.41, 5.74) is -1.00. The monoisotopic (exact) mass is 259 g/mol. The Labute approximate surface area is 104 Å². The molecule has 0 aliphatic heterocycles. The number of rotatable bonds is 5. The summed E-state index contributed by atoms with van der Waals surface area (Å²) in [6.45, 7) is 2.74. The van der Waals surface area contributed by atoms with Gasteiger partial charge in [-0.15, -0.1) is 11.6 Å². The van der Waals surface area contributed by atoms with Crippen molar-refractivity contribution in [1.29, 1.82) is 0 Å². The molecule has 1 amide bonds. The maximum Gasteiger partial charge on any atom is 0.239 e. The van der Waals surface area contributed by atoms with Gasteiger partial charge in [-0.2, -0.15) is 5.10 Å². The third-order valence-electron chi connectivity index (χ3n) is 2.27. The Morgan fingerprint density at radius 2 is 2.29 bits per heavy atom. The van der Waals surface area contributed by atoms with Crippen LogP contribution in [0.3, 0.4) is 0 Å². The van der Waals surface area contributed by atoms with Crippen molar-refractivity contribution in [2.75, 3.05) is 11.2 Å². The number of halogens is 1. The number of Topliss-reactive ketones (excluding diaryl/α,β-unsaturated/α-hetero) is 1. The number of amides is 1. The second-order valence-electron chi connectivity index (χ2n) is 3.94. The van der Waals surface area contributed by atoms with E-state index in [1.54, 1.807) is 0 Å². The minimum Gasteiger partial charge on any atom is -0.380 e. The third kappa shape index (κ3) is 3.83. The topological polar surface area (TPSA) is 84.2 Å². The maximum atomic E-state index is 11.1. The lowest BCUT2D eigenvalue weighted by Crippen LogP contribution is -2.38. The van der Waals surface area contributed by atoms with E-state index >= 15 is 0 Å². The Hall–Kier alpha value is -1.40. The van der Waals surface area contributed by atoms with E-state index < -0.39 is 5.60 Å². The third-order valence-corrected chi connectivity index (χ3v) is 2.51. The molecule has 1 aromatic rings. The molecule has 0 unspecified atom stereocenters. The zero-order valence-corrected chi connectivity index (χ0v) is 10.4. The van der Waals surface area contributed by atoms with Crippen molar-refractivity contribution in [2.45, 2.75) is 26.0 Å². The smallest absolute Gasteiger partial charge is 0.239 e. The van der Waals surface area contributed by atoms with Crippen LogP contribution >= 0.6 is 11.6 Å². The van der Waals surface area contributed by atoms with E-state index in [9.17, 15) is 14.7 Å². The fourth-order valence-electron chi connectivity index (χ4n) is 1.14. The van der Waals surface area contributed by atoms with Crippen LogP contribution in [0.2, 0.25) is 0 Å². The highest BCUT2D eigenvalue weighted by atomic mass is 35.5. The Kier molecular flexibility index (Phi) is 4.25. The van der Waals surface area contributed by atoms with Crippen LogP contribution in [0.25, 0.3) is 0 Å². The van der Waals surface area contributed by atoms with Crippen LogP contribution in [0, 0.1) is 0 Å². The molecule has 1 aromatic heterocycles. The van der Waals surface area contributed by atoms with Gasteiger partial charge in [-0.05, 0) is 13.8 Å². The molecule has 0 radical (unpaired) electrons. The Morgan fingerprint density at radius 1 is 1.65 bits per heavy atom. The zero-order valence-electron chi connectivity index (χ0n) is 9.61. The number of hydrogen-bond donors (Lipinski definition) is 2. The van der Waals surface area contributed by atoms with Gasteiger partial charge in [0.15, 0.2) is 5.78 Å². The van der Waals surface area contributed by atoms with E-state index in [4.69, 9.17) is 11.6 Å². The Bertz CT molecular complexity index is 428. The van der Waals surface area contributed by atoms with Crippen LogP contribution in [0.1, 0.15) is 13.8 Å². The number of aliphatic hydroxyl groups is 1. The van der Waals surface area contributed by atoms with Gasteiger partial charge in [0, 0.05) is 6.20 Å². The lowest BCUT2D eigenvalue weighted by atomic mass is 10.0. The number of carbonyl (C=O) groups is 2. The van der Waals surface area contributed by atoms with E-state index in [0.29, 0.717) is 5.69 Å². The normalized spacial score (nSPS) is 14.1. The Balaban J connectivity index is 2.69. The van der Waals surface area contributed by atoms with Crippen molar-refractivity contribution < 1.29 is 14.7 Å². The quantitative estimate of drug-likeness (QED) is 0.750. The summed E-state index contributed by atoms with van der Waals surface area (Å²) in [6.07, 6.45) is 2.93. The van der Waals surface area contributed by atoms with Crippen LogP contribution in [0.4, 0.5) is 5.69 Å². The van der Waals surface area contributed by atoms with Crippen molar-refractivity contribution in [3.63, 3.8) is 0 Å². The first-order chi connectivity index (χ1) is 7.85. The molecular weight excluding hydrogens is 246 g/mol. The predicted octanol–water partition coefficient (Wildman–Crippen LogP) is 0.400. The summed E-state index contributed by atoms with van der Waals surface area (Å²) in [4.78, 5) is 22.1. The van der Waals surface area contributed by atoms with Crippen LogP contribution in [-0.2, 0) is 16.1 Å². The molecule has 0 aliphatic carbocycles. The highest BCUT2D eigenvalue weighted by Gasteiger charge is 2.27. The second-order valence-corrected chi connectivity index (χ2v) is 4.21. The number of nitrogens with one attached hydrogen (secondary N) is 1. The van der Waals surface area contributed by atoms with Crippen molar-refractivity contribution in [2.24, 2.45) is 0 Å². The molecule has 1 rings (SSSR count). The van der Waals surface area contributed by atoms with Gasteiger partial charge < -0.3 is 10.4 Å². The van der Waals surface area contributed by atoms with E-state index in [2.05, 4.69) is 10.4 Å². The number of anilines is 1. The molecule has 0 saturated heterocycles. The van der Waals surface area contributed by atoms with Gasteiger partial charge in [0.05, 0.1) is 18.4 Å². The molecule has 6 nitrogen and oxygen atoms in total. The van der Waals surface area contributed by atoms with E-state index in [1.165, 1.54) is 30.9 Å². The van der Waals surface area contributed by atoms with Crippen LogP contribution in [-0.4, -0.2) is 38.1 Å². The number of ketones is 1. The first kappa shape index (κ1) is 13.7. The van der Waals surface area contributed by atoms with E-state index in [1.807, 2.05) is 0 Å². The molecule has 1 atom stereocenters. The van der Waals surface area contributed by atoms with Gasteiger partial charge in [-0.1, -0.05) is 0 Å². The summed E-state index contributed by atoms with van der Waals surface area (Å²) in [5.74, 6) is -0.833. The molecule has 0 saturated carbocycles. The molecule has 2 N–H and O–H groups in total. The number of carbonyl (C=O) groups excluding carboxylic acids is 2. The average molecular weight is 260 g/mol. The van der Waals surface area contributed by atoms with Gasteiger partial charge in [-0.25, -0.2) is 0 Å². The average Bonchev–Trinajstić information content (AvgIpc) is 2.64. The molecule has 0 fully saturated rings. The molecule has 94 valence electrons. The Morgan fingerprint density at radius 3 is 2.82 bits per heavy atom. The van der Waals surface area contributed by atoms with Gasteiger partial charge in [-0.3, -0.25) is 14.3 Å². The van der Waals surface area contributed by atoms with Crippen LogP contribution < -0.4 is 5.32 Å². The van der Waals surface area contributed by atoms with E-state index in [-0.39, 0.29) is 24.1 Å². The molecule has 1 heterocycles. The molecular formula is C10H14ClN3O3. The molecule has 0 bridgehead atoms. The first-order valence-corrected chi connectivity index (χ1v) is 5.50. The lowest BCUT2D eigenvalue weighted by Gasteiger charge is -2.19. The first-order valence-electron chi connectivity index (χ1n) is 4.97. The second kappa shape index (κ2) is 5.29. The minimum atomic E-state index is -1.47. The van der Waals surface area contributed by atoms with E-state index in [0.717, 1.165) is 0 Å². The summed E-state index contributed by atoms with van der Waals surface area (Å²) >= 11 is 5.33. The molecule has 0 aliphatic rings. The van der Waals surface area contributed by atoms with Gasteiger partial charge in [0.1, 0.15) is 11.5 Å². The lowest BCUT2D eigenvalue weighted by molar-refractivity contribution is -0.134. The van der Waals surface area contributed by atoms with Gasteiger partial charge >= 0.3 is 0 Å². The summed E-state index contributed by atoms with van der Waals surface area (Å²) in [6, 6.07) is 0. The van der Waals surface area contributed by atoms with Crippen molar-refractivity contribution >= 4 is 29.0 Å². The number of nitrogens with zero attached hydrogens (tertiary/aromatic N) is 2. The summed E-state index contributed by atoms with van der Waals surface area (Å²) in [5, 5.41) is 16.2. The number of alkyl halides is 1. The molecule has 0 spiro atoms. The van der Waals surface area contributed by atoms with Crippen molar-refractivity contribution in [3.8, 4) is 0 Å². The fraction of sp³-hybridized carbons (Fsp3) is 0.500. The summed E-state index contributed by atoms with van der Waals surface area (Å²) < 4.78 is 1.38. The van der Waals surface area contributed by atoms with Gasteiger partial charge in [0.25, 0.3) is 0 Å². The maximum absolute atomic E-state index is 11.1. The number of aromatic nitrogens is 2. The largest absolute Gasteiger partial charge is 0.380 e. The van der Waals surface area contributed by atoms with Crippen molar-refractivity contribution in [3.05, 3.63) is 12.4 Å². The van der Waals surface area contributed by atoms with Gasteiger partial charge in [0.2, 0.25) is 5.91 Å². The fourth-order valence-corrected chi connectivity index (χ4v) is 1.20. The predicted molar refractivity (Wildman–Crippen MR) is 62.9 cm³/mol. The standard InChI is InChI=1S/C10H14ClN3O3/c1-7(15)10(2,17)6-14-5-8(4-12-14)13-9(16)3-11/h4-5,17H,3,6H2,1-2H3,(H,13,16)/t10-/m0/s1. The SMILES string of the molecule is CC(=O)[C@@](C)(O)Cn1cc(NC(=O)CCl)cn1. The minimum absolute atomic E-state index is 0.0269. The summed E-state index contributed by atoms with van der Waals surface area (Å²) in [7, 11) is 0. The molecule has 7 heteroatoms. The number of hydrogen-bond acceptors (Lipinski definition) is 4. The van der Waals surface area contributed by atoms with Crippen molar-refractivity contribution in [1.82, 2.24) is 9.78 Å². The van der Waals surface area contributed by atoms with Crippen LogP contribution in [0.5, 0.6) is 0 Å². The molecule has 17 heavy (non-hydrogen) atoms.